The second-order valence-electron chi connectivity index (χ2n) is 7.01. The van der Waals surface area contributed by atoms with Gasteiger partial charge in [-0.15, -0.1) is 0 Å². The molecule has 0 saturated heterocycles. The highest BCUT2D eigenvalue weighted by Gasteiger charge is 2.42. The number of hydrogen-bond acceptors (Lipinski definition) is 2. The van der Waals surface area contributed by atoms with Gasteiger partial charge in [0.15, 0.2) is 0 Å². The van der Waals surface area contributed by atoms with Gasteiger partial charge in [-0.25, -0.2) is 0 Å². The molecular formula is C18H23ClN2O2. The van der Waals surface area contributed by atoms with Crippen molar-refractivity contribution in [1.29, 1.82) is 0 Å². The van der Waals surface area contributed by atoms with E-state index < -0.39 is 11.8 Å². The minimum atomic E-state index is -0.634. The van der Waals surface area contributed by atoms with Gasteiger partial charge < -0.3 is 10.6 Å². The first-order valence-electron chi connectivity index (χ1n) is 8.32. The summed E-state index contributed by atoms with van der Waals surface area (Å²) in [7, 11) is 0. The molecule has 0 aromatic heterocycles. The Morgan fingerprint density at radius 3 is 2.65 bits per heavy atom. The van der Waals surface area contributed by atoms with Crippen molar-refractivity contribution in [3.05, 3.63) is 28.8 Å². The third-order valence-corrected chi connectivity index (χ3v) is 5.68. The van der Waals surface area contributed by atoms with E-state index in [-0.39, 0.29) is 6.04 Å². The first kappa shape index (κ1) is 16.3. The molecule has 2 aliphatic carbocycles. The van der Waals surface area contributed by atoms with Gasteiger partial charge in [0.25, 0.3) is 0 Å². The van der Waals surface area contributed by atoms with Gasteiger partial charge in [-0.1, -0.05) is 24.1 Å². The van der Waals surface area contributed by atoms with Crippen molar-refractivity contribution in [1.82, 2.24) is 5.32 Å². The average molecular weight is 335 g/mol. The Morgan fingerprint density at radius 2 is 2.00 bits per heavy atom. The molecule has 3 rings (SSSR count). The van der Waals surface area contributed by atoms with E-state index in [2.05, 4.69) is 10.6 Å². The minimum Gasteiger partial charge on any atom is -0.345 e. The van der Waals surface area contributed by atoms with Crippen LogP contribution in [0.2, 0.25) is 5.02 Å². The molecule has 0 radical (unpaired) electrons. The lowest BCUT2D eigenvalue weighted by Gasteiger charge is -2.28. The fourth-order valence-electron chi connectivity index (χ4n) is 4.19. The van der Waals surface area contributed by atoms with Gasteiger partial charge in [-0.3, -0.25) is 9.59 Å². The van der Waals surface area contributed by atoms with Crippen LogP contribution in [0.4, 0.5) is 5.69 Å². The van der Waals surface area contributed by atoms with Crippen molar-refractivity contribution in [2.24, 2.45) is 17.8 Å². The van der Waals surface area contributed by atoms with Crippen LogP contribution in [0.5, 0.6) is 0 Å². The Morgan fingerprint density at radius 1 is 1.22 bits per heavy atom. The summed E-state index contributed by atoms with van der Waals surface area (Å²) in [5.41, 5.74) is 1.45. The molecular weight excluding hydrogens is 312 g/mol. The summed E-state index contributed by atoms with van der Waals surface area (Å²) in [6, 6.07) is 5.27. The van der Waals surface area contributed by atoms with Crippen LogP contribution in [0.3, 0.4) is 0 Å². The summed E-state index contributed by atoms with van der Waals surface area (Å²) >= 11 is 5.93. The maximum absolute atomic E-state index is 12.2. The molecule has 2 aliphatic rings. The van der Waals surface area contributed by atoms with E-state index in [1.165, 1.54) is 25.7 Å². The van der Waals surface area contributed by atoms with Crippen molar-refractivity contribution in [2.75, 3.05) is 5.32 Å². The van der Waals surface area contributed by atoms with Crippen molar-refractivity contribution in [3.8, 4) is 0 Å². The summed E-state index contributed by atoms with van der Waals surface area (Å²) in [6.45, 7) is 3.88. The summed E-state index contributed by atoms with van der Waals surface area (Å²) in [4.78, 5) is 24.3. The Bertz CT molecular complexity index is 631. The largest absolute Gasteiger partial charge is 0.345 e. The standard InChI is InChI=1S/C18H23ClN2O2/c1-10-3-6-14(19)9-16(10)21-18(23)17(22)20-11(2)15-8-12-4-5-13(15)7-12/h3,6,9,11-13,15H,4-5,7-8H2,1-2H3,(H,20,22)(H,21,23). The van der Waals surface area contributed by atoms with E-state index in [0.717, 1.165) is 11.5 Å². The quantitative estimate of drug-likeness (QED) is 0.831. The maximum Gasteiger partial charge on any atom is 0.313 e. The number of hydrogen-bond donors (Lipinski definition) is 2. The lowest BCUT2D eigenvalue weighted by atomic mass is 9.84. The van der Waals surface area contributed by atoms with Crippen molar-refractivity contribution < 1.29 is 9.59 Å². The zero-order chi connectivity index (χ0) is 16.6. The molecule has 2 amide bonds. The first-order valence-corrected chi connectivity index (χ1v) is 8.70. The van der Waals surface area contributed by atoms with Crippen LogP contribution in [0.15, 0.2) is 18.2 Å². The fourth-order valence-corrected chi connectivity index (χ4v) is 4.37. The van der Waals surface area contributed by atoms with Crippen LogP contribution in [0.25, 0.3) is 0 Å². The van der Waals surface area contributed by atoms with Gasteiger partial charge in [-0.2, -0.15) is 0 Å². The van der Waals surface area contributed by atoms with E-state index in [9.17, 15) is 9.59 Å². The monoisotopic (exact) mass is 334 g/mol. The molecule has 0 heterocycles. The second kappa shape index (κ2) is 6.52. The highest BCUT2D eigenvalue weighted by molar-refractivity contribution is 6.40. The number of anilines is 1. The van der Waals surface area contributed by atoms with E-state index >= 15 is 0 Å². The molecule has 23 heavy (non-hydrogen) atoms. The van der Waals surface area contributed by atoms with Gasteiger partial charge in [0.1, 0.15) is 0 Å². The van der Waals surface area contributed by atoms with E-state index in [1.54, 1.807) is 12.1 Å². The lowest BCUT2D eigenvalue weighted by Crippen LogP contribution is -2.45. The molecule has 2 N–H and O–H groups in total. The van der Waals surface area contributed by atoms with Gasteiger partial charge in [0, 0.05) is 16.8 Å². The van der Waals surface area contributed by atoms with Crippen LogP contribution in [0.1, 0.15) is 38.2 Å². The number of nitrogens with one attached hydrogen (secondary N) is 2. The third-order valence-electron chi connectivity index (χ3n) is 5.45. The first-order chi connectivity index (χ1) is 10.9. The van der Waals surface area contributed by atoms with Crippen LogP contribution in [0, 0.1) is 24.7 Å². The molecule has 2 bridgehead atoms. The Hall–Kier alpha value is -1.55. The molecule has 4 atom stereocenters. The number of aryl methyl sites for hydroxylation is 1. The smallest absolute Gasteiger partial charge is 0.313 e. The number of benzene rings is 1. The normalized spacial score (nSPS) is 26.8. The summed E-state index contributed by atoms with van der Waals surface area (Å²) in [5.74, 6) is 0.851. The van der Waals surface area contributed by atoms with Crippen molar-refractivity contribution in [3.63, 3.8) is 0 Å². The number of carbonyl (C=O) groups excluding carboxylic acids is 2. The highest BCUT2D eigenvalue weighted by atomic mass is 35.5. The number of halogens is 1. The van der Waals surface area contributed by atoms with Crippen LogP contribution >= 0.6 is 11.6 Å². The average Bonchev–Trinajstić information content (AvgIpc) is 3.13. The molecule has 4 nitrogen and oxygen atoms in total. The van der Waals surface area contributed by atoms with Crippen molar-refractivity contribution in [2.45, 2.75) is 45.6 Å². The predicted octanol–water partition coefficient (Wildman–Crippen LogP) is 3.53. The van der Waals surface area contributed by atoms with Crippen LogP contribution in [-0.2, 0) is 9.59 Å². The van der Waals surface area contributed by atoms with Crippen LogP contribution < -0.4 is 10.6 Å². The molecule has 1 aromatic carbocycles. The number of rotatable bonds is 3. The number of fused-ring (bicyclic) bond motifs is 2. The van der Waals surface area contributed by atoms with Crippen LogP contribution in [-0.4, -0.2) is 17.9 Å². The van der Waals surface area contributed by atoms with Crippen molar-refractivity contribution >= 4 is 29.1 Å². The molecule has 0 spiro atoms. The Labute approximate surface area is 142 Å². The van der Waals surface area contributed by atoms with Gasteiger partial charge >= 0.3 is 11.8 Å². The lowest BCUT2D eigenvalue weighted by molar-refractivity contribution is -0.136. The fraction of sp³-hybridized carbons (Fsp3) is 0.556. The molecule has 2 fully saturated rings. The zero-order valence-corrected chi connectivity index (χ0v) is 14.3. The van der Waals surface area contributed by atoms with Gasteiger partial charge in [0.2, 0.25) is 0 Å². The summed E-state index contributed by atoms with van der Waals surface area (Å²) < 4.78 is 0. The zero-order valence-electron chi connectivity index (χ0n) is 13.6. The maximum atomic E-state index is 12.2. The molecule has 4 unspecified atom stereocenters. The molecule has 0 aliphatic heterocycles. The summed E-state index contributed by atoms with van der Waals surface area (Å²) in [5, 5.41) is 6.05. The molecule has 2 saturated carbocycles. The third kappa shape index (κ3) is 3.52. The topological polar surface area (TPSA) is 58.2 Å². The molecule has 1 aromatic rings. The molecule has 5 heteroatoms. The Kier molecular flexibility index (Phi) is 4.62. The minimum absolute atomic E-state index is 0.0454. The number of carbonyl (C=O) groups is 2. The summed E-state index contributed by atoms with van der Waals surface area (Å²) in [6.07, 6.45) is 5.07. The van der Waals surface area contributed by atoms with E-state index in [0.29, 0.717) is 22.5 Å². The van der Waals surface area contributed by atoms with E-state index in [1.807, 2.05) is 19.9 Å². The predicted molar refractivity (Wildman–Crippen MR) is 91.4 cm³/mol. The van der Waals surface area contributed by atoms with Gasteiger partial charge in [-0.05, 0) is 68.6 Å². The number of amides is 2. The SMILES string of the molecule is Cc1ccc(Cl)cc1NC(=O)C(=O)NC(C)C1CC2CCC1C2. The molecule has 124 valence electrons. The highest BCUT2D eigenvalue weighted by Crippen LogP contribution is 2.49. The Balaban J connectivity index is 1.57. The van der Waals surface area contributed by atoms with E-state index in [4.69, 9.17) is 11.6 Å². The van der Waals surface area contributed by atoms with Gasteiger partial charge in [0.05, 0.1) is 0 Å². The second-order valence-corrected chi connectivity index (χ2v) is 7.45.